The van der Waals surface area contributed by atoms with Crippen LogP contribution in [0.2, 0.25) is 0 Å². The second-order valence-electron chi connectivity index (χ2n) is 12.3. The molecule has 2 aromatic carbocycles. The number of aliphatic hydroxyl groups is 1. The minimum absolute atomic E-state index is 0. The predicted molar refractivity (Wildman–Crippen MR) is 169 cm³/mol. The number of carbonyl (C=O) groups is 1. The van der Waals surface area contributed by atoms with Crippen LogP contribution in [0, 0.1) is 43.6 Å². The van der Waals surface area contributed by atoms with E-state index in [9.17, 15) is 9.90 Å². The normalized spacial score (nSPS) is 23.2. The van der Waals surface area contributed by atoms with Crippen molar-refractivity contribution in [2.45, 2.75) is 86.5 Å². The number of pyridine rings is 1. The number of aryl methyl sites for hydroxylation is 2. The number of hydrogen-bond acceptors (Lipinski definition) is 3. The van der Waals surface area contributed by atoms with Gasteiger partial charge in [-0.15, -0.1) is 34.9 Å². The van der Waals surface area contributed by atoms with Gasteiger partial charge in [-0.25, -0.2) is 0 Å². The van der Waals surface area contributed by atoms with Crippen molar-refractivity contribution in [1.29, 1.82) is 0 Å². The molecule has 3 aromatic rings. The first-order chi connectivity index (χ1) is 18.8. The van der Waals surface area contributed by atoms with Crippen molar-refractivity contribution < 1.29 is 30.0 Å². The number of hydrogen-bond donors (Lipinski definition) is 1. The summed E-state index contributed by atoms with van der Waals surface area (Å²) in [7, 11) is 0. The summed E-state index contributed by atoms with van der Waals surface area (Å²) in [6.07, 6.45) is 14.7. The number of rotatable bonds is 4. The zero-order valence-electron chi connectivity index (χ0n) is 24.3. The van der Waals surface area contributed by atoms with Crippen LogP contribution in [0.25, 0.3) is 34.3 Å². The van der Waals surface area contributed by atoms with Gasteiger partial charge in [-0.05, 0) is 60.4 Å². The molecule has 1 radical (unpaired) electrons. The van der Waals surface area contributed by atoms with Gasteiger partial charge < -0.3 is 5.11 Å². The van der Waals surface area contributed by atoms with Crippen LogP contribution in [-0.4, -0.2) is 15.9 Å². The van der Waals surface area contributed by atoms with Gasteiger partial charge in [-0.3, -0.25) is 9.78 Å². The summed E-state index contributed by atoms with van der Waals surface area (Å²) >= 11 is 0. The van der Waals surface area contributed by atoms with Gasteiger partial charge in [0, 0.05) is 43.4 Å². The Bertz CT molecular complexity index is 1390. The second kappa shape index (κ2) is 14.6. The van der Waals surface area contributed by atoms with Gasteiger partial charge in [0.05, 0.1) is 11.3 Å². The van der Waals surface area contributed by atoms with E-state index in [0.29, 0.717) is 5.76 Å². The molecule has 3 aliphatic carbocycles. The summed E-state index contributed by atoms with van der Waals surface area (Å²) in [5, 5.41) is 11.4. The van der Waals surface area contributed by atoms with Gasteiger partial charge >= 0.3 is 0 Å². The van der Waals surface area contributed by atoms with E-state index in [2.05, 4.69) is 82.3 Å². The Balaban J connectivity index is 0.000000215. The fraction of sp³-hybridized carbons (Fsp3) is 0.459. The predicted octanol–water partition coefficient (Wildman–Crippen LogP) is 10.1. The third-order valence-electron chi connectivity index (χ3n) is 8.91. The third-order valence-corrected chi connectivity index (χ3v) is 8.91. The molecular weight excluding hydrogens is 683 g/mol. The summed E-state index contributed by atoms with van der Waals surface area (Å²) in [4.78, 5) is 17.0. The maximum Gasteiger partial charge on any atom is 0.162 e. The second-order valence-corrected chi connectivity index (χ2v) is 12.3. The van der Waals surface area contributed by atoms with Crippen LogP contribution in [-0.2, 0) is 24.9 Å². The Morgan fingerprint density at radius 1 is 0.878 bits per heavy atom. The molecule has 0 aliphatic heterocycles. The van der Waals surface area contributed by atoms with E-state index >= 15 is 0 Å². The maximum atomic E-state index is 12.2. The molecule has 221 valence electrons. The van der Waals surface area contributed by atoms with Gasteiger partial charge in [0.15, 0.2) is 5.78 Å². The molecule has 0 amide bonds. The van der Waals surface area contributed by atoms with E-state index in [1.807, 2.05) is 0 Å². The van der Waals surface area contributed by atoms with Crippen molar-refractivity contribution in [1.82, 2.24) is 4.98 Å². The van der Waals surface area contributed by atoms with Crippen molar-refractivity contribution in [2.24, 2.45) is 23.7 Å². The Hall–Kier alpha value is -2.55. The smallest absolute Gasteiger partial charge is 0.162 e. The van der Waals surface area contributed by atoms with Gasteiger partial charge in [0.25, 0.3) is 0 Å². The Kier molecular flexibility index (Phi) is 11.7. The summed E-state index contributed by atoms with van der Waals surface area (Å²) < 4.78 is 0. The minimum atomic E-state index is 0. The molecule has 0 bridgehead atoms. The molecule has 0 saturated heterocycles. The molecule has 3 aliphatic rings. The topological polar surface area (TPSA) is 50.2 Å². The Morgan fingerprint density at radius 2 is 1.49 bits per heavy atom. The Morgan fingerprint density at radius 3 is 2.12 bits per heavy atom. The van der Waals surface area contributed by atoms with Gasteiger partial charge in [0.2, 0.25) is 0 Å². The van der Waals surface area contributed by atoms with E-state index in [1.54, 1.807) is 6.08 Å². The summed E-state index contributed by atoms with van der Waals surface area (Å²) in [6.45, 7) is 8.72. The number of benzene rings is 2. The van der Waals surface area contributed by atoms with Crippen LogP contribution < -0.4 is 0 Å². The largest absolute Gasteiger partial charge is 0.512 e. The molecule has 3 nitrogen and oxygen atoms in total. The number of ketones is 1. The molecule has 1 heterocycles. The number of aromatic nitrogens is 1. The fourth-order valence-electron chi connectivity index (χ4n) is 6.45. The minimum Gasteiger partial charge on any atom is -0.512 e. The summed E-state index contributed by atoms with van der Waals surface area (Å²) in [5.41, 5.74) is 8.07. The van der Waals surface area contributed by atoms with Crippen LogP contribution in [0.15, 0.2) is 48.2 Å². The van der Waals surface area contributed by atoms with E-state index < -0.39 is 0 Å². The van der Waals surface area contributed by atoms with E-state index in [-0.39, 0.29) is 45.2 Å². The maximum absolute atomic E-state index is 12.2. The number of allylic oxidation sites excluding steroid dienone is 2. The molecule has 0 unspecified atom stereocenters. The molecule has 2 fully saturated rings. The zero-order chi connectivity index (χ0) is 27.5. The van der Waals surface area contributed by atoms with E-state index in [0.717, 1.165) is 72.7 Å². The zero-order valence-corrected chi connectivity index (χ0v) is 26.7. The summed E-state index contributed by atoms with van der Waals surface area (Å²) in [6, 6.07) is 16.2. The van der Waals surface area contributed by atoms with Crippen LogP contribution in [0.1, 0.15) is 94.9 Å². The van der Waals surface area contributed by atoms with Crippen molar-refractivity contribution in [3.05, 3.63) is 76.6 Å². The number of aliphatic hydroxyl groups excluding tert-OH is 1. The first-order valence-corrected chi connectivity index (χ1v) is 14.8. The molecule has 0 atom stereocenters. The quantitative estimate of drug-likeness (QED) is 0.129. The molecular formula is C37H46IrNO2-. The van der Waals surface area contributed by atoms with Crippen molar-refractivity contribution >= 4 is 28.8 Å². The van der Waals surface area contributed by atoms with Crippen LogP contribution in [0.4, 0.5) is 0 Å². The van der Waals surface area contributed by atoms with E-state index in [1.165, 1.54) is 34.9 Å². The monoisotopic (exact) mass is 729 g/mol. The van der Waals surface area contributed by atoms with Crippen molar-refractivity contribution in [3.63, 3.8) is 0 Å². The fourth-order valence-corrected chi connectivity index (χ4v) is 6.45. The molecule has 41 heavy (non-hydrogen) atoms. The van der Waals surface area contributed by atoms with Crippen molar-refractivity contribution in [3.8, 4) is 11.3 Å². The first kappa shape index (κ1) is 33.0. The number of carbonyl (C=O) groups excluding carboxylic acids is 1. The Labute approximate surface area is 260 Å². The molecule has 6 rings (SSSR count). The van der Waals surface area contributed by atoms with Gasteiger partial charge in [-0.2, -0.15) is 0 Å². The van der Waals surface area contributed by atoms with E-state index in [4.69, 9.17) is 4.98 Å². The van der Waals surface area contributed by atoms with Gasteiger partial charge in [-0.1, -0.05) is 91.2 Å². The average Bonchev–Trinajstić information content (AvgIpc) is 3.33. The standard InChI is InChI=1S/C19H14N.C17H28O2.CH4.Ir/c1-12-8-13(2)10-16(9-12)18-11-15-7-6-14-4-3-5-17(20-18)19(14)15;1-12-3-7-14(8-4-12)16(18)11-17(19)15-9-5-13(2)6-10-15;;/h3-9,11H,1-2H3;11-15,18H,3-10H2,1-2H3;1H4;/q-1;;;. The van der Waals surface area contributed by atoms with Crippen molar-refractivity contribution in [2.75, 3.05) is 0 Å². The average molecular weight is 729 g/mol. The molecule has 2 saturated carbocycles. The molecule has 1 aromatic heterocycles. The molecule has 1 N–H and O–H groups in total. The van der Waals surface area contributed by atoms with Crippen LogP contribution >= 0.6 is 0 Å². The SMILES string of the molecule is C.CC1CCC(C(=O)C=C(O)C2CCC(C)CC2)CC1.Cc1[c-]c(-c2cc3c4c(cccc4n2)C=C3)cc(C)c1.[Ir]. The van der Waals surface area contributed by atoms with Crippen LogP contribution in [0.3, 0.4) is 0 Å². The first-order valence-electron chi connectivity index (χ1n) is 14.8. The van der Waals surface area contributed by atoms with Gasteiger partial charge in [0.1, 0.15) is 0 Å². The third kappa shape index (κ3) is 8.05. The van der Waals surface area contributed by atoms with Crippen LogP contribution in [0.5, 0.6) is 0 Å². The number of nitrogens with zero attached hydrogens (tertiary/aromatic N) is 1. The molecule has 4 heteroatoms. The summed E-state index contributed by atoms with van der Waals surface area (Å²) in [5.74, 6) is 2.48. The molecule has 0 spiro atoms.